The van der Waals surface area contributed by atoms with Crippen LogP contribution in [0.2, 0.25) is 0 Å². The maximum atomic E-state index is 14.3. The minimum Gasteiger partial charge on any atom is -0.318 e. The number of carbonyl (C=O) groups is 3. The zero-order valence-electron chi connectivity index (χ0n) is 20.3. The van der Waals surface area contributed by atoms with Gasteiger partial charge in [0, 0.05) is 5.56 Å². The van der Waals surface area contributed by atoms with Gasteiger partial charge in [-0.1, -0.05) is 36.4 Å². The number of anilines is 2. The normalized spacial score (nSPS) is 31.3. The minimum atomic E-state index is -0.884. The number of hydrogen-bond donors (Lipinski definition) is 1. The summed E-state index contributed by atoms with van der Waals surface area (Å²) in [4.78, 5) is 44.3. The van der Waals surface area contributed by atoms with Gasteiger partial charge in [0.15, 0.2) is 5.78 Å². The van der Waals surface area contributed by atoms with Gasteiger partial charge in [-0.25, -0.2) is 0 Å². The van der Waals surface area contributed by atoms with E-state index in [1.165, 1.54) is 24.2 Å². The zero-order valence-corrected chi connectivity index (χ0v) is 20.3. The summed E-state index contributed by atoms with van der Waals surface area (Å²) in [5, 5.41) is 0. The van der Waals surface area contributed by atoms with E-state index in [0.717, 1.165) is 24.8 Å². The predicted molar refractivity (Wildman–Crippen MR) is 135 cm³/mol. The molecular weight excluding hydrogens is 438 g/mol. The smallest absolute Gasteiger partial charge is 0.246 e. The third kappa shape index (κ3) is 3.70. The largest absolute Gasteiger partial charge is 0.318 e. The van der Waals surface area contributed by atoms with Gasteiger partial charge in [-0.15, -0.1) is 0 Å². The van der Waals surface area contributed by atoms with E-state index < -0.39 is 6.04 Å². The number of aryl methyl sites for hydroxylation is 1. The Morgan fingerprint density at radius 2 is 1.49 bits per heavy atom. The van der Waals surface area contributed by atoms with Gasteiger partial charge in [-0.2, -0.15) is 0 Å². The lowest BCUT2D eigenvalue weighted by Crippen LogP contribution is -2.57. The van der Waals surface area contributed by atoms with E-state index in [4.69, 9.17) is 5.73 Å². The van der Waals surface area contributed by atoms with Crippen molar-refractivity contribution in [3.05, 3.63) is 59.7 Å². The Balaban J connectivity index is 1.36. The van der Waals surface area contributed by atoms with E-state index in [2.05, 4.69) is 0 Å². The minimum absolute atomic E-state index is 0.103. The first-order valence-electron chi connectivity index (χ1n) is 12.9. The van der Waals surface area contributed by atoms with Gasteiger partial charge in [0.1, 0.15) is 6.04 Å². The molecular formula is C29H33N3O3. The van der Waals surface area contributed by atoms with Crippen LogP contribution in [0.3, 0.4) is 0 Å². The topological polar surface area (TPSA) is 83.7 Å². The fourth-order valence-corrected chi connectivity index (χ4v) is 7.74. The number of rotatable bonds is 4. The summed E-state index contributed by atoms with van der Waals surface area (Å²) in [5.74, 6) is 1.60. The average Bonchev–Trinajstić information content (AvgIpc) is 2.93. The Hall–Kier alpha value is -2.99. The monoisotopic (exact) mass is 471 g/mol. The van der Waals surface area contributed by atoms with Crippen molar-refractivity contribution < 1.29 is 14.4 Å². The molecule has 4 fully saturated rings. The molecule has 2 aromatic carbocycles. The summed E-state index contributed by atoms with van der Waals surface area (Å²) in [6, 6.07) is 14.0. The third-order valence-electron chi connectivity index (χ3n) is 8.91. The Kier molecular flexibility index (Phi) is 5.33. The van der Waals surface area contributed by atoms with Gasteiger partial charge >= 0.3 is 0 Å². The number of nitrogens with two attached hydrogens (primary N) is 1. The number of carbonyl (C=O) groups excluding carboxylic acids is 3. The molecule has 6 heteroatoms. The molecule has 5 aliphatic rings. The van der Waals surface area contributed by atoms with Crippen molar-refractivity contribution in [2.45, 2.75) is 51.5 Å². The second kappa shape index (κ2) is 8.30. The molecule has 182 valence electrons. The molecule has 1 unspecified atom stereocenters. The highest BCUT2D eigenvalue weighted by atomic mass is 16.2. The molecule has 0 spiro atoms. The van der Waals surface area contributed by atoms with Crippen molar-refractivity contribution >= 4 is 29.0 Å². The number of amides is 2. The van der Waals surface area contributed by atoms with Gasteiger partial charge in [0.05, 0.1) is 29.9 Å². The molecule has 0 saturated heterocycles. The first kappa shape index (κ1) is 22.5. The summed E-state index contributed by atoms with van der Waals surface area (Å²) < 4.78 is 0. The lowest BCUT2D eigenvalue weighted by molar-refractivity contribution is -0.143. The molecule has 7 rings (SSSR count). The quantitative estimate of drug-likeness (QED) is 0.681. The van der Waals surface area contributed by atoms with Crippen LogP contribution < -0.4 is 15.5 Å². The van der Waals surface area contributed by atoms with Crippen molar-refractivity contribution in [2.75, 3.05) is 22.9 Å². The fraction of sp³-hybridized carbons (Fsp3) is 0.483. The van der Waals surface area contributed by atoms with Crippen molar-refractivity contribution in [1.29, 1.82) is 0 Å². The second-order valence-electron chi connectivity index (χ2n) is 11.4. The van der Waals surface area contributed by atoms with Crippen LogP contribution in [0.25, 0.3) is 0 Å². The number of para-hydroxylation sites is 2. The number of benzene rings is 2. The lowest BCUT2D eigenvalue weighted by Gasteiger charge is -2.56. The Morgan fingerprint density at radius 3 is 2.11 bits per heavy atom. The first-order valence-corrected chi connectivity index (χ1v) is 12.9. The maximum absolute atomic E-state index is 14.3. The molecule has 1 aliphatic heterocycles. The third-order valence-corrected chi connectivity index (χ3v) is 8.91. The highest BCUT2D eigenvalue weighted by Crippen LogP contribution is 2.61. The first-order chi connectivity index (χ1) is 16.8. The highest BCUT2D eigenvalue weighted by Gasteiger charge is 2.56. The molecule has 2 amide bonds. The summed E-state index contributed by atoms with van der Waals surface area (Å²) >= 11 is 0. The van der Waals surface area contributed by atoms with Crippen LogP contribution in [0.15, 0.2) is 48.5 Å². The van der Waals surface area contributed by atoms with Crippen LogP contribution in [-0.2, 0) is 9.59 Å². The molecule has 0 radical (unpaired) electrons. The fourth-order valence-electron chi connectivity index (χ4n) is 7.74. The molecule has 2 N–H and O–H groups in total. The van der Waals surface area contributed by atoms with Gasteiger partial charge in [-0.05, 0) is 80.9 Å². The highest BCUT2D eigenvalue weighted by molar-refractivity contribution is 6.12. The lowest BCUT2D eigenvalue weighted by atomic mass is 9.49. The van der Waals surface area contributed by atoms with Crippen molar-refractivity contribution in [3.63, 3.8) is 0 Å². The van der Waals surface area contributed by atoms with E-state index in [1.807, 2.05) is 49.4 Å². The van der Waals surface area contributed by atoms with E-state index in [1.54, 1.807) is 11.0 Å². The SMILES string of the molecule is Cc1ccccc1C(=O)CN1C(=O)C(N)CN(C(=O)C23CC4CC(CC(C4)C2)C3)c2ccccc21. The molecule has 2 aromatic rings. The number of nitrogens with zero attached hydrogens (tertiary/aromatic N) is 2. The van der Waals surface area contributed by atoms with Crippen molar-refractivity contribution in [3.8, 4) is 0 Å². The van der Waals surface area contributed by atoms with Crippen LogP contribution in [0.5, 0.6) is 0 Å². The van der Waals surface area contributed by atoms with Gasteiger partial charge < -0.3 is 15.5 Å². The van der Waals surface area contributed by atoms with Crippen molar-refractivity contribution in [1.82, 2.24) is 0 Å². The predicted octanol–water partition coefficient (Wildman–Crippen LogP) is 4.10. The second-order valence-corrected chi connectivity index (χ2v) is 11.4. The number of fused-ring (bicyclic) bond motifs is 1. The standard InChI is InChI=1S/C29H33N3O3/c1-18-6-2-3-7-22(18)26(33)17-31-24-8-4-5-9-25(24)32(16-23(30)27(31)34)28(35)29-13-19-10-20(14-29)12-21(11-19)15-29/h2-9,19-21,23H,10-17,30H2,1H3. The maximum Gasteiger partial charge on any atom is 0.246 e. The molecule has 6 nitrogen and oxygen atoms in total. The zero-order chi connectivity index (χ0) is 24.3. The van der Waals surface area contributed by atoms with Gasteiger partial charge in [-0.3, -0.25) is 14.4 Å². The number of hydrogen-bond acceptors (Lipinski definition) is 4. The van der Waals surface area contributed by atoms with Crippen molar-refractivity contribution in [2.24, 2.45) is 28.9 Å². The number of ketones is 1. The molecule has 4 aliphatic carbocycles. The van der Waals surface area contributed by atoms with Crippen LogP contribution in [0.1, 0.15) is 54.4 Å². The van der Waals surface area contributed by atoms with E-state index in [9.17, 15) is 14.4 Å². The molecule has 4 saturated carbocycles. The van der Waals surface area contributed by atoms with Crippen LogP contribution in [-0.4, -0.2) is 36.7 Å². The molecule has 0 aromatic heterocycles. The van der Waals surface area contributed by atoms with Crippen LogP contribution >= 0.6 is 0 Å². The summed E-state index contributed by atoms with van der Waals surface area (Å²) in [7, 11) is 0. The van der Waals surface area contributed by atoms with E-state index >= 15 is 0 Å². The molecule has 1 atom stereocenters. The molecule has 4 bridgehead atoms. The summed E-state index contributed by atoms with van der Waals surface area (Å²) in [6.45, 7) is 1.93. The average molecular weight is 472 g/mol. The van der Waals surface area contributed by atoms with Crippen LogP contribution in [0.4, 0.5) is 11.4 Å². The Labute approximate surface area is 206 Å². The van der Waals surface area contributed by atoms with E-state index in [-0.39, 0.29) is 36.1 Å². The van der Waals surface area contributed by atoms with Gasteiger partial charge in [0.25, 0.3) is 0 Å². The number of Topliss-reactive ketones (excluding diaryl/α,β-unsaturated/α-hetero) is 1. The molecule has 1 heterocycles. The van der Waals surface area contributed by atoms with Gasteiger partial charge in [0.2, 0.25) is 11.8 Å². The van der Waals surface area contributed by atoms with Crippen LogP contribution in [0, 0.1) is 30.1 Å². The van der Waals surface area contributed by atoms with E-state index in [0.29, 0.717) is 34.7 Å². The Bertz CT molecular complexity index is 1170. The Morgan fingerprint density at radius 1 is 0.914 bits per heavy atom. The summed E-state index contributed by atoms with van der Waals surface area (Å²) in [5.41, 5.74) is 8.82. The summed E-state index contributed by atoms with van der Waals surface area (Å²) in [6.07, 6.45) is 6.64. The molecule has 35 heavy (non-hydrogen) atoms.